The lowest BCUT2D eigenvalue weighted by atomic mass is 9.83. The van der Waals surface area contributed by atoms with Gasteiger partial charge in [0.05, 0.1) is 30.1 Å². The van der Waals surface area contributed by atoms with Gasteiger partial charge in [-0.1, -0.05) is 37.0 Å². The number of aryl methyl sites for hydroxylation is 2. The van der Waals surface area contributed by atoms with Crippen LogP contribution in [-0.2, 0) is 4.74 Å². The van der Waals surface area contributed by atoms with E-state index in [9.17, 15) is 4.79 Å². The summed E-state index contributed by atoms with van der Waals surface area (Å²) < 4.78 is 7.90. The van der Waals surface area contributed by atoms with Crippen LogP contribution in [-0.4, -0.2) is 46.0 Å². The van der Waals surface area contributed by atoms with Crippen LogP contribution in [0.4, 0.5) is 10.6 Å². The molecule has 6 nitrogen and oxygen atoms in total. The molecular formula is C21H28N4O2. The molecule has 1 aliphatic heterocycles. The minimum Gasteiger partial charge on any atom is -0.371 e. The number of nitrogens with one attached hydrogen (secondary N) is 1. The lowest BCUT2D eigenvalue weighted by molar-refractivity contribution is -0.115. The standard InChI is InChI=1S/C21H28N4O2/c1-16-6-8-18(9-7-16)25-19(14-17(2)23-25)22-20(26)24-12-13-27-21(15-24)10-4-3-5-11-21/h6-9,14H,3-5,10-13,15H2,1-2H3,(H,22,26). The first-order valence-corrected chi connectivity index (χ1v) is 9.88. The summed E-state index contributed by atoms with van der Waals surface area (Å²) in [6.45, 7) is 5.91. The van der Waals surface area contributed by atoms with Crippen molar-refractivity contribution in [2.75, 3.05) is 25.0 Å². The molecule has 0 bridgehead atoms. The van der Waals surface area contributed by atoms with Crippen molar-refractivity contribution in [3.05, 3.63) is 41.6 Å². The van der Waals surface area contributed by atoms with E-state index in [-0.39, 0.29) is 11.6 Å². The highest BCUT2D eigenvalue weighted by molar-refractivity contribution is 5.89. The van der Waals surface area contributed by atoms with Crippen molar-refractivity contribution >= 4 is 11.8 Å². The number of amides is 2. The molecule has 144 valence electrons. The number of hydrogen-bond donors (Lipinski definition) is 1. The molecule has 27 heavy (non-hydrogen) atoms. The number of aromatic nitrogens is 2. The van der Waals surface area contributed by atoms with Crippen molar-refractivity contribution in [1.29, 1.82) is 0 Å². The number of hydrogen-bond acceptors (Lipinski definition) is 3. The number of nitrogens with zero attached hydrogens (tertiary/aromatic N) is 3. The summed E-state index contributed by atoms with van der Waals surface area (Å²) in [5.74, 6) is 0.700. The average Bonchev–Trinajstić information content (AvgIpc) is 3.03. The van der Waals surface area contributed by atoms with Gasteiger partial charge in [0, 0.05) is 12.6 Å². The lowest BCUT2D eigenvalue weighted by Gasteiger charge is -2.44. The number of morpholine rings is 1. The molecule has 1 aromatic heterocycles. The van der Waals surface area contributed by atoms with Crippen LogP contribution in [0.3, 0.4) is 0 Å². The van der Waals surface area contributed by atoms with Crippen LogP contribution in [0.15, 0.2) is 30.3 Å². The number of anilines is 1. The molecule has 4 rings (SSSR count). The number of carbonyl (C=O) groups excluding carboxylic acids is 1. The van der Waals surface area contributed by atoms with Gasteiger partial charge in [-0.05, 0) is 38.8 Å². The zero-order chi connectivity index (χ0) is 18.9. The predicted octanol–water partition coefficient (Wildman–Crippen LogP) is 4.06. The predicted molar refractivity (Wildman–Crippen MR) is 105 cm³/mol. The molecule has 2 aliphatic rings. The summed E-state index contributed by atoms with van der Waals surface area (Å²) >= 11 is 0. The molecule has 2 heterocycles. The summed E-state index contributed by atoms with van der Waals surface area (Å²) in [6, 6.07) is 9.97. The van der Waals surface area contributed by atoms with Gasteiger partial charge in [0.15, 0.2) is 0 Å². The summed E-state index contributed by atoms with van der Waals surface area (Å²) in [4.78, 5) is 14.9. The second kappa shape index (κ2) is 7.35. The second-order valence-electron chi connectivity index (χ2n) is 7.86. The largest absolute Gasteiger partial charge is 0.371 e. The van der Waals surface area contributed by atoms with E-state index in [1.54, 1.807) is 4.68 Å². The fraction of sp³-hybridized carbons (Fsp3) is 0.524. The summed E-state index contributed by atoms with van der Waals surface area (Å²) in [5, 5.41) is 7.62. The fourth-order valence-electron chi connectivity index (χ4n) is 4.18. The first-order valence-electron chi connectivity index (χ1n) is 9.88. The number of rotatable bonds is 2. The number of benzene rings is 1. The van der Waals surface area contributed by atoms with Crippen LogP contribution < -0.4 is 5.32 Å². The zero-order valence-corrected chi connectivity index (χ0v) is 16.2. The molecule has 1 saturated carbocycles. The van der Waals surface area contributed by atoms with E-state index in [0.717, 1.165) is 24.2 Å². The second-order valence-corrected chi connectivity index (χ2v) is 7.86. The van der Waals surface area contributed by atoms with E-state index in [2.05, 4.69) is 17.3 Å². The smallest absolute Gasteiger partial charge is 0.323 e. The first-order chi connectivity index (χ1) is 13.0. The van der Waals surface area contributed by atoms with E-state index < -0.39 is 0 Å². The summed E-state index contributed by atoms with van der Waals surface area (Å²) in [7, 11) is 0. The van der Waals surface area contributed by atoms with Crippen LogP contribution in [0.1, 0.15) is 43.4 Å². The maximum absolute atomic E-state index is 13.0. The van der Waals surface area contributed by atoms with Crippen molar-refractivity contribution in [2.45, 2.75) is 51.6 Å². The lowest BCUT2D eigenvalue weighted by Crippen LogP contribution is -2.55. The average molecular weight is 368 g/mol. The highest BCUT2D eigenvalue weighted by Crippen LogP contribution is 2.34. The Bertz CT molecular complexity index is 801. The third kappa shape index (κ3) is 3.86. The van der Waals surface area contributed by atoms with Gasteiger partial charge in [-0.3, -0.25) is 5.32 Å². The van der Waals surface area contributed by atoms with Crippen LogP contribution in [0.25, 0.3) is 5.69 Å². The Morgan fingerprint density at radius 2 is 1.89 bits per heavy atom. The van der Waals surface area contributed by atoms with E-state index >= 15 is 0 Å². The van der Waals surface area contributed by atoms with Crippen LogP contribution in [0.2, 0.25) is 0 Å². The monoisotopic (exact) mass is 368 g/mol. The van der Waals surface area contributed by atoms with E-state index in [0.29, 0.717) is 25.5 Å². The maximum Gasteiger partial charge on any atom is 0.323 e. The molecular weight excluding hydrogens is 340 g/mol. The molecule has 2 aromatic rings. The van der Waals surface area contributed by atoms with Gasteiger partial charge in [-0.15, -0.1) is 0 Å². The molecule has 0 radical (unpaired) electrons. The van der Waals surface area contributed by atoms with Gasteiger partial charge >= 0.3 is 6.03 Å². The van der Waals surface area contributed by atoms with Crippen LogP contribution in [0.5, 0.6) is 0 Å². The quantitative estimate of drug-likeness (QED) is 0.870. The number of urea groups is 1. The van der Waals surface area contributed by atoms with Crippen molar-refractivity contribution in [2.24, 2.45) is 0 Å². The molecule has 1 N–H and O–H groups in total. The summed E-state index contributed by atoms with van der Waals surface area (Å²) in [5.41, 5.74) is 2.87. The minimum atomic E-state index is -0.138. The van der Waals surface area contributed by atoms with E-state index in [1.165, 1.54) is 24.8 Å². The number of ether oxygens (including phenoxy) is 1. The van der Waals surface area contributed by atoms with Gasteiger partial charge in [0.1, 0.15) is 5.82 Å². The maximum atomic E-state index is 13.0. The first kappa shape index (κ1) is 18.0. The Balaban J connectivity index is 1.50. The van der Waals surface area contributed by atoms with E-state index in [4.69, 9.17) is 4.74 Å². The van der Waals surface area contributed by atoms with E-state index in [1.807, 2.05) is 42.2 Å². The minimum absolute atomic E-state index is 0.0727. The topological polar surface area (TPSA) is 59.4 Å². The van der Waals surface area contributed by atoms with Crippen molar-refractivity contribution in [3.8, 4) is 5.69 Å². The fourth-order valence-corrected chi connectivity index (χ4v) is 4.18. The van der Waals surface area contributed by atoms with Gasteiger partial charge < -0.3 is 9.64 Å². The van der Waals surface area contributed by atoms with Gasteiger partial charge in [-0.25, -0.2) is 9.48 Å². The molecule has 1 aliphatic carbocycles. The van der Waals surface area contributed by atoms with Crippen molar-refractivity contribution in [1.82, 2.24) is 14.7 Å². The molecule has 1 saturated heterocycles. The van der Waals surface area contributed by atoms with Crippen molar-refractivity contribution < 1.29 is 9.53 Å². The number of carbonyl (C=O) groups is 1. The molecule has 0 atom stereocenters. The highest BCUT2D eigenvalue weighted by atomic mass is 16.5. The molecule has 0 unspecified atom stereocenters. The Hall–Kier alpha value is -2.34. The molecule has 6 heteroatoms. The molecule has 2 fully saturated rings. The van der Waals surface area contributed by atoms with Gasteiger partial charge in [0.2, 0.25) is 0 Å². The Labute approximate surface area is 160 Å². The SMILES string of the molecule is Cc1ccc(-n2nc(C)cc2NC(=O)N2CCOC3(CCCCC3)C2)cc1. The third-order valence-corrected chi connectivity index (χ3v) is 5.65. The molecule has 2 amide bonds. The van der Waals surface area contributed by atoms with Crippen LogP contribution >= 0.6 is 0 Å². The molecule has 1 aromatic carbocycles. The highest BCUT2D eigenvalue weighted by Gasteiger charge is 2.39. The van der Waals surface area contributed by atoms with Gasteiger partial charge in [-0.2, -0.15) is 5.10 Å². The molecule has 1 spiro atoms. The normalized spacial score (nSPS) is 19.3. The van der Waals surface area contributed by atoms with Crippen LogP contribution in [0, 0.1) is 13.8 Å². The Kier molecular flexibility index (Phi) is 4.91. The van der Waals surface area contributed by atoms with Crippen molar-refractivity contribution in [3.63, 3.8) is 0 Å². The van der Waals surface area contributed by atoms with Gasteiger partial charge in [0.25, 0.3) is 0 Å². The Morgan fingerprint density at radius 1 is 1.15 bits per heavy atom. The third-order valence-electron chi connectivity index (χ3n) is 5.65. The Morgan fingerprint density at radius 3 is 2.63 bits per heavy atom. The zero-order valence-electron chi connectivity index (χ0n) is 16.2. The summed E-state index contributed by atoms with van der Waals surface area (Å²) in [6.07, 6.45) is 5.75.